The minimum atomic E-state index is -0.281. The summed E-state index contributed by atoms with van der Waals surface area (Å²) in [5, 5.41) is 0. The topological polar surface area (TPSA) is 74.8 Å². The summed E-state index contributed by atoms with van der Waals surface area (Å²) in [5.41, 5.74) is 4.64. The van der Waals surface area contributed by atoms with Crippen molar-refractivity contribution in [3.05, 3.63) is 89.5 Å². The summed E-state index contributed by atoms with van der Waals surface area (Å²) in [4.78, 5) is 46.8. The van der Waals surface area contributed by atoms with Crippen LogP contribution in [0.1, 0.15) is 43.9 Å². The Labute approximate surface area is 193 Å². The smallest absolute Gasteiger partial charge is 0.258 e. The molecule has 1 unspecified atom stereocenters. The van der Waals surface area contributed by atoms with E-state index in [1.54, 1.807) is 0 Å². The van der Waals surface area contributed by atoms with Gasteiger partial charge in [-0.05, 0) is 40.7 Å². The van der Waals surface area contributed by atoms with E-state index in [0.29, 0.717) is 5.69 Å². The molecule has 0 aromatic heterocycles. The van der Waals surface area contributed by atoms with Crippen LogP contribution < -0.4 is 4.90 Å². The minimum Gasteiger partial charge on any atom is -0.279 e. The molecule has 4 amide bonds. The Morgan fingerprint density at radius 1 is 0.667 bits per heavy atom. The zero-order chi connectivity index (χ0) is 24.0. The maximum Gasteiger partial charge on any atom is 0.258 e. The first-order valence-corrected chi connectivity index (χ1v) is 10.8. The largest absolute Gasteiger partial charge is 0.279 e. The van der Waals surface area contributed by atoms with Crippen molar-refractivity contribution in [3.63, 3.8) is 0 Å². The number of nitrogens with zero attached hydrogens (tertiary/aromatic N) is 2. The molecule has 2 aliphatic heterocycles. The van der Waals surface area contributed by atoms with E-state index in [1.807, 2.05) is 24.3 Å². The van der Waals surface area contributed by atoms with Crippen LogP contribution in [0.4, 0.5) is 5.69 Å². The number of hydrogen-bond donors (Lipinski definition) is 0. The molecular formula is C27H26N2O4. The quantitative estimate of drug-likeness (QED) is 0.666. The molecule has 0 radical (unpaired) electrons. The molecule has 0 fully saturated rings. The van der Waals surface area contributed by atoms with Gasteiger partial charge in [0, 0.05) is 36.8 Å². The number of anilines is 1. The lowest BCUT2D eigenvalue weighted by atomic mass is 9.75. The van der Waals surface area contributed by atoms with Crippen LogP contribution in [0, 0.1) is 0 Å². The molecule has 6 heteroatoms. The predicted molar refractivity (Wildman–Crippen MR) is 126 cm³/mol. The monoisotopic (exact) mass is 442 g/mol. The third kappa shape index (κ3) is 3.82. The second-order valence-corrected chi connectivity index (χ2v) is 9.40. The number of benzene rings is 2. The zero-order valence-electron chi connectivity index (χ0n) is 19.2. The molecule has 0 saturated carbocycles. The fourth-order valence-corrected chi connectivity index (χ4v) is 4.99. The van der Waals surface area contributed by atoms with Crippen molar-refractivity contribution in [1.29, 1.82) is 0 Å². The van der Waals surface area contributed by atoms with Gasteiger partial charge in [-0.2, -0.15) is 0 Å². The van der Waals surface area contributed by atoms with Gasteiger partial charge >= 0.3 is 0 Å². The third-order valence-corrected chi connectivity index (χ3v) is 6.65. The molecule has 0 N–H and O–H groups in total. The van der Waals surface area contributed by atoms with Crippen LogP contribution in [0.15, 0.2) is 72.8 Å². The van der Waals surface area contributed by atoms with Gasteiger partial charge in [-0.1, -0.05) is 57.2 Å². The second kappa shape index (κ2) is 7.96. The van der Waals surface area contributed by atoms with Crippen molar-refractivity contribution in [2.24, 2.45) is 0 Å². The van der Waals surface area contributed by atoms with Crippen LogP contribution in [0.25, 0.3) is 0 Å². The number of imide groups is 2. The van der Waals surface area contributed by atoms with Crippen LogP contribution in [0.3, 0.4) is 0 Å². The molecule has 1 aliphatic carbocycles. The Balaban J connectivity index is 0.000000275. The Bertz CT molecular complexity index is 1190. The predicted octanol–water partition coefficient (Wildman–Crippen LogP) is 3.64. The fraction of sp³-hybridized carbons (Fsp3) is 0.259. The number of carbonyl (C=O) groups excluding carboxylic acids is 4. The number of fused-ring (bicyclic) bond motifs is 1. The molecule has 2 aromatic rings. The van der Waals surface area contributed by atoms with Gasteiger partial charge in [0.2, 0.25) is 0 Å². The van der Waals surface area contributed by atoms with Crippen LogP contribution in [0.5, 0.6) is 0 Å². The van der Waals surface area contributed by atoms with E-state index in [2.05, 4.69) is 45.0 Å². The number of hydrogen-bond acceptors (Lipinski definition) is 4. The average molecular weight is 443 g/mol. The molecule has 0 bridgehead atoms. The number of carbonyl (C=O) groups is 4. The van der Waals surface area contributed by atoms with Crippen molar-refractivity contribution >= 4 is 29.3 Å². The highest BCUT2D eigenvalue weighted by molar-refractivity contribution is 6.28. The van der Waals surface area contributed by atoms with Crippen LogP contribution in [-0.4, -0.2) is 35.6 Å². The van der Waals surface area contributed by atoms with Gasteiger partial charge in [-0.15, -0.1) is 0 Å². The number of rotatable bonds is 2. The molecule has 0 spiro atoms. The summed E-state index contributed by atoms with van der Waals surface area (Å²) >= 11 is 0. The maximum atomic E-state index is 11.9. The molecule has 168 valence electrons. The molecule has 6 nitrogen and oxygen atoms in total. The van der Waals surface area contributed by atoms with Gasteiger partial charge in [0.1, 0.15) is 0 Å². The normalized spacial score (nSPS) is 22.7. The second-order valence-electron chi connectivity index (χ2n) is 9.40. The summed E-state index contributed by atoms with van der Waals surface area (Å²) in [6, 6.07) is 16.5. The highest BCUT2D eigenvalue weighted by Crippen LogP contribution is 2.52. The van der Waals surface area contributed by atoms with E-state index in [-0.39, 0.29) is 34.5 Å². The zero-order valence-corrected chi connectivity index (χ0v) is 19.2. The molecule has 1 atom stereocenters. The Kier molecular flexibility index (Phi) is 5.40. The van der Waals surface area contributed by atoms with E-state index in [4.69, 9.17) is 0 Å². The average Bonchev–Trinajstić information content (AvgIpc) is 3.36. The van der Waals surface area contributed by atoms with Crippen LogP contribution >= 0.6 is 0 Å². The third-order valence-electron chi connectivity index (χ3n) is 6.65. The Morgan fingerprint density at radius 3 is 1.64 bits per heavy atom. The van der Waals surface area contributed by atoms with Gasteiger partial charge in [-0.25, -0.2) is 4.90 Å². The summed E-state index contributed by atoms with van der Waals surface area (Å²) in [7, 11) is 1.45. The molecule has 33 heavy (non-hydrogen) atoms. The van der Waals surface area contributed by atoms with Crippen LogP contribution in [0.2, 0.25) is 0 Å². The van der Waals surface area contributed by atoms with Gasteiger partial charge in [0.25, 0.3) is 23.6 Å². The molecule has 5 rings (SSSR count). The van der Waals surface area contributed by atoms with Crippen molar-refractivity contribution < 1.29 is 19.2 Å². The van der Waals surface area contributed by atoms with Gasteiger partial charge in [-0.3, -0.25) is 24.1 Å². The molecule has 0 saturated heterocycles. The number of amides is 4. The summed E-state index contributed by atoms with van der Waals surface area (Å²) in [6.45, 7) is 6.86. The first-order chi connectivity index (χ1) is 15.5. The molecular weight excluding hydrogens is 416 g/mol. The lowest BCUT2D eigenvalue weighted by Gasteiger charge is -2.29. The lowest BCUT2D eigenvalue weighted by molar-refractivity contribution is -0.135. The van der Waals surface area contributed by atoms with E-state index in [0.717, 1.165) is 11.3 Å². The summed E-state index contributed by atoms with van der Waals surface area (Å²) in [6.07, 6.45) is 6.16. The summed E-state index contributed by atoms with van der Waals surface area (Å²) < 4.78 is 0. The van der Waals surface area contributed by atoms with Gasteiger partial charge < -0.3 is 0 Å². The fourth-order valence-electron chi connectivity index (χ4n) is 4.99. The van der Waals surface area contributed by atoms with Gasteiger partial charge in [0.05, 0.1) is 5.69 Å². The maximum absolute atomic E-state index is 11.9. The first-order valence-electron chi connectivity index (χ1n) is 10.8. The minimum absolute atomic E-state index is 0.0735. The Hall–Kier alpha value is -3.80. The van der Waals surface area contributed by atoms with E-state index in [9.17, 15) is 19.2 Å². The molecule has 2 aromatic carbocycles. The van der Waals surface area contributed by atoms with Crippen molar-refractivity contribution in [2.45, 2.75) is 38.0 Å². The van der Waals surface area contributed by atoms with Gasteiger partial charge in [0.15, 0.2) is 0 Å². The van der Waals surface area contributed by atoms with E-state index >= 15 is 0 Å². The number of likely N-dealkylation sites (N-methyl/N-ethyl adjacent to an activating group) is 1. The first kappa shape index (κ1) is 22.4. The van der Waals surface area contributed by atoms with Crippen LogP contribution in [-0.2, 0) is 30.0 Å². The standard InChI is InChI=1S/C22H21NO2.C5H5NO2/c1-21(2)14-22(3,18-7-5-4-6-17(18)21)15-8-10-16(11-9-15)23-19(24)12-13-20(23)25;1-6-4(7)2-3-5(6)8/h4-13H,14H2,1-3H3;2-3H,1H3. The highest BCUT2D eigenvalue weighted by atomic mass is 16.2. The SMILES string of the molecule is CC1(C)CC(C)(c2ccc(N3C(=O)C=CC3=O)cc2)c2ccccc21.CN1C(=O)C=CC1=O. The highest BCUT2D eigenvalue weighted by Gasteiger charge is 2.45. The van der Waals surface area contributed by atoms with E-state index in [1.165, 1.54) is 52.9 Å². The van der Waals surface area contributed by atoms with Crippen molar-refractivity contribution in [2.75, 3.05) is 11.9 Å². The van der Waals surface area contributed by atoms with Crippen molar-refractivity contribution in [1.82, 2.24) is 4.90 Å². The Morgan fingerprint density at radius 2 is 1.15 bits per heavy atom. The lowest BCUT2D eigenvalue weighted by Crippen LogP contribution is -2.29. The molecule has 2 heterocycles. The summed E-state index contributed by atoms with van der Waals surface area (Å²) in [5.74, 6) is -1.04. The van der Waals surface area contributed by atoms with Crippen molar-refractivity contribution in [3.8, 4) is 0 Å². The molecule has 3 aliphatic rings. The van der Waals surface area contributed by atoms with E-state index < -0.39 is 0 Å².